The Kier molecular flexibility index (Phi) is 6.53. The summed E-state index contributed by atoms with van der Waals surface area (Å²) in [4.78, 5) is 15.4. The summed E-state index contributed by atoms with van der Waals surface area (Å²) in [6, 6.07) is 2.71. The Morgan fingerprint density at radius 2 is 1.97 bits per heavy atom. The van der Waals surface area contributed by atoms with Gasteiger partial charge in [-0.3, -0.25) is 9.36 Å². The molecule has 3 heterocycles. The number of aromatic nitrogens is 4. The number of carbonyl (C=O) groups is 1. The molecule has 1 atom stereocenters. The molecule has 0 aromatic carbocycles. The number of anilines is 1. The highest BCUT2D eigenvalue weighted by molar-refractivity contribution is 7.99. The molecule has 2 fully saturated rings. The molecule has 2 aromatic heterocycles. The van der Waals surface area contributed by atoms with Crippen LogP contribution in [0.5, 0.6) is 0 Å². The molecule has 1 aliphatic heterocycles. The molecule has 0 N–H and O–H groups in total. The van der Waals surface area contributed by atoms with Crippen LogP contribution in [0.3, 0.4) is 0 Å². The van der Waals surface area contributed by atoms with Crippen LogP contribution < -0.4 is 4.90 Å². The van der Waals surface area contributed by atoms with Crippen LogP contribution in [0.25, 0.3) is 0 Å². The Labute approximate surface area is 183 Å². The number of ether oxygens (including phenoxy) is 1. The van der Waals surface area contributed by atoms with Gasteiger partial charge in [-0.25, -0.2) is 0 Å². The maximum absolute atomic E-state index is 13.1. The van der Waals surface area contributed by atoms with E-state index >= 15 is 0 Å². The summed E-state index contributed by atoms with van der Waals surface area (Å²) in [7, 11) is 1.71. The highest BCUT2D eigenvalue weighted by atomic mass is 32.2. The smallest absolute Gasteiger partial charge is 0.228 e. The second-order valence-corrected chi connectivity index (χ2v) is 9.54. The normalized spacial score (nSPS) is 18.1. The number of aryl methyl sites for hydroxylation is 1. The van der Waals surface area contributed by atoms with Crippen LogP contribution in [0.2, 0.25) is 0 Å². The number of hydrogen-bond acceptors (Lipinski definition) is 6. The first-order valence-electron chi connectivity index (χ1n) is 11.0. The zero-order valence-electron chi connectivity index (χ0n) is 18.6. The molecule has 1 saturated heterocycles. The maximum atomic E-state index is 13.1. The lowest BCUT2D eigenvalue weighted by atomic mass is 10.1. The summed E-state index contributed by atoms with van der Waals surface area (Å²) in [5.74, 6) is 1.53. The Morgan fingerprint density at radius 1 is 1.23 bits per heavy atom. The summed E-state index contributed by atoms with van der Waals surface area (Å²) in [5, 5.41) is 9.88. The van der Waals surface area contributed by atoms with Crippen LogP contribution in [-0.4, -0.2) is 57.7 Å². The third kappa shape index (κ3) is 4.30. The Balaban J connectivity index is 1.48. The molecular weight excluding hydrogens is 398 g/mol. The van der Waals surface area contributed by atoms with Gasteiger partial charge in [-0.2, -0.15) is 0 Å². The van der Waals surface area contributed by atoms with Gasteiger partial charge in [0.25, 0.3) is 0 Å². The molecule has 0 bridgehead atoms. The summed E-state index contributed by atoms with van der Waals surface area (Å²) in [5.41, 5.74) is 2.91. The Bertz CT molecular complexity index is 896. The fourth-order valence-electron chi connectivity index (χ4n) is 4.59. The van der Waals surface area contributed by atoms with Crippen molar-refractivity contribution in [3.8, 4) is 0 Å². The van der Waals surface area contributed by atoms with E-state index in [9.17, 15) is 4.79 Å². The van der Waals surface area contributed by atoms with Crippen molar-refractivity contribution in [2.24, 2.45) is 0 Å². The van der Waals surface area contributed by atoms with Gasteiger partial charge in [0, 0.05) is 43.2 Å². The first-order valence-corrected chi connectivity index (χ1v) is 12.0. The van der Waals surface area contributed by atoms with Crippen LogP contribution in [0.15, 0.2) is 11.2 Å². The van der Waals surface area contributed by atoms with Crippen LogP contribution >= 0.6 is 11.8 Å². The molecule has 4 rings (SSSR count). The average molecular weight is 432 g/mol. The summed E-state index contributed by atoms with van der Waals surface area (Å²) >= 11 is 1.52. The number of rotatable bonds is 9. The molecule has 7 nitrogen and oxygen atoms in total. The number of carbonyl (C=O) groups excluding carboxylic acids is 1. The molecule has 1 aliphatic carbocycles. The van der Waals surface area contributed by atoms with Crippen LogP contribution in [0.4, 0.5) is 5.95 Å². The van der Waals surface area contributed by atoms with Crippen molar-refractivity contribution >= 4 is 23.5 Å². The van der Waals surface area contributed by atoms with E-state index < -0.39 is 0 Å². The number of methoxy groups -OCH3 is 1. The molecule has 164 valence electrons. The van der Waals surface area contributed by atoms with Gasteiger partial charge in [-0.05, 0) is 58.9 Å². The second-order valence-electron chi connectivity index (χ2n) is 8.60. The van der Waals surface area contributed by atoms with Gasteiger partial charge in [-0.1, -0.05) is 11.8 Å². The van der Waals surface area contributed by atoms with Crippen molar-refractivity contribution in [1.29, 1.82) is 0 Å². The standard InChI is InChI=1S/C22H33N5O2S/c1-15-12-19(17(3)26(15)16(2)13-29-4)20(28)14-30-22-24-23-21(27(22)18-8-9-18)25-10-6-5-7-11-25/h12,16,18H,5-11,13-14H2,1-4H3. The molecule has 2 aromatic rings. The summed E-state index contributed by atoms with van der Waals surface area (Å²) in [6.07, 6.45) is 6.09. The lowest BCUT2D eigenvalue weighted by molar-refractivity contribution is 0.102. The monoisotopic (exact) mass is 431 g/mol. The highest BCUT2D eigenvalue weighted by Crippen LogP contribution is 2.41. The minimum absolute atomic E-state index is 0.147. The van der Waals surface area contributed by atoms with Gasteiger partial charge < -0.3 is 14.2 Å². The van der Waals surface area contributed by atoms with Gasteiger partial charge in [0.05, 0.1) is 18.4 Å². The van der Waals surface area contributed by atoms with Crippen molar-refractivity contribution in [1.82, 2.24) is 19.3 Å². The van der Waals surface area contributed by atoms with Crippen molar-refractivity contribution < 1.29 is 9.53 Å². The van der Waals surface area contributed by atoms with E-state index in [0.717, 1.165) is 41.1 Å². The van der Waals surface area contributed by atoms with Gasteiger partial charge in [0.2, 0.25) is 5.95 Å². The van der Waals surface area contributed by atoms with E-state index in [4.69, 9.17) is 4.74 Å². The summed E-state index contributed by atoms with van der Waals surface area (Å²) in [6.45, 7) is 8.94. The van der Waals surface area contributed by atoms with E-state index in [0.29, 0.717) is 18.4 Å². The third-order valence-electron chi connectivity index (χ3n) is 6.16. The molecule has 0 radical (unpaired) electrons. The van der Waals surface area contributed by atoms with E-state index in [1.54, 1.807) is 7.11 Å². The average Bonchev–Trinajstić information content (AvgIpc) is 3.42. The zero-order valence-corrected chi connectivity index (χ0v) is 19.4. The predicted molar refractivity (Wildman–Crippen MR) is 120 cm³/mol. The van der Waals surface area contributed by atoms with Crippen molar-refractivity contribution in [3.05, 3.63) is 23.0 Å². The summed E-state index contributed by atoms with van der Waals surface area (Å²) < 4.78 is 9.79. The number of ketones is 1. The van der Waals surface area contributed by atoms with E-state index in [-0.39, 0.29) is 11.8 Å². The lowest BCUT2D eigenvalue weighted by Crippen LogP contribution is -2.31. The van der Waals surface area contributed by atoms with Crippen molar-refractivity contribution in [2.45, 2.75) is 70.1 Å². The minimum atomic E-state index is 0.147. The molecule has 1 unspecified atom stereocenters. The van der Waals surface area contributed by atoms with Crippen LogP contribution in [-0.2, 0) is 4.74 Å². The Morgan fingerprint density at radius 3 is 2.63 bits per heavy atom. The van der Waals surface area contributed by atoms with Gasteiger partial charge >= 0.3 is 0 Å². The molecule has 0 amide bonds. The van der Waals surface area contributed by atoms with Crippen molar-refractivity contribution in [3.63, 3.8) is 0 Å². The van der Waals surface area contributed by atoms with E-state index in [1.807, 2.05) is 13.0 Å². The number of hydrogen-bond donors (Lipinski definition) is 0. The Hall–Kier alpha value is -1.80. The highest BCUT2D eigenvalue weighted by Gasteiger charge is 2.32. The van der Waals surface area contributed by atoms with Gasteiger partial charge in [0.1, 0.15) is 0 Å². The van der Waals surface area contributed by atoms with Gasteiger partial charge in [0.15, 0.2) is 10.9 Å². The topological polar surface area (TPSA) is 65.2 Å². The number of nitrogens with zero attached hydrogens (tertiary/aromatic N) is 5. The number of piperidine rings is 1. The SMILES string of the molecule is COCC(C)n1c(C)cc(C(=O)CSc2nnc(N3CCCCC3)n2C2CC2)c1C. The number of thioether (sulfide) groups is 1. The fraction of sp³-hybridized carbons (Fsp3) is 0.682. The van der Waals surface area contributed by atoms with Gasteiger partial charge in [-0.15, -0.1) is 10.2 Å². The predicted octanol–water partition coefficient (Wildman–Crippen LogP) is 4.20. The fourth-order valence-corrected chi connectivity index (χ4v) is 5.47. The molecule has 0 spiro atoms. The van der Waals surface area contributed by atoms with Crippen molar-refractivity contribution in [2.75, 3.05) is 37.5 Å². The van der Waals surface area contributed by atoms with E-state index in [2.05, 4.69) is 38.1 Å². The molecule has 1 saturated carbocycles. The quantitative estimate of drug-likeness (QED) is 0.438. The largest absolute Gasteiger partial charge is 0.383 e. The van der Waals surface area contributed by atoms with E-state index in [1.165, 1.54) is 43.9 Å². The number of Topliss-reactive ketones (excluding diaryl/α,β-unsaturated/α-hetero) is 1. The molecule has 8 heteroatoms. The maximum Gasteiger partial charge on any atom is 0.228 e. The molecule has 30 heavy (non-hydrogen) atoms. The zero-order chi connectivity index (χ0) is 21.3. The molecule has 2 aliphatic rings. The lowest BCUT2D eigenvalue weighted by Gasteiger charge is -2.27. The third-order valence-corrected chi connectivity index (χ3v) is 7.11. The second kappa shape index (κ2) is 9.14. The van der Waals surface area contributed by atoms with Crippen LogP contribution in [0, 0.1) is 13.8 Å². The first kappa shape index (κ1) is 21.4. The molecular formula is C22H33N5O2S. The first-order chi connectivity index (χ1) is 14.5. The van der Waals surface area contributed by atoms with Crippen LogP contribution in [0.1, 0.15) is 72.9 Å². The minimum Gasteiger partial charge on any atom is -0.383 e.